The second-order valence-electron chi connectivity index (χ2n) is 2.60. The van der Waals surface area contributed by atoms with Gasteiger partial charge in [0.25, 0.3) is 0 Å². The second kappa shape index (κ2) is 3.35. The van der Waals surface area contributed by atoms with Crippen LogP contribution in [-0.4, -0.2) is 17.4 Å². The second-order valence-corrected chi connectivity index (χ2v) is 2.60. The number of benzene rings is 1. The fourth-order valence-corrected chi connectivity index (χ4v) is 0.990. The summed E-state index contributed by atoms with van der Waals surface area (Å²) in [5.41, 5.74) is -0.110. The summed E-state index contributed by atoms with van der Waals surface area (Å²) in [6, 6.07) is 2.16. The van der Waals surface area contributed by atoms with Gasteiger partial charge >= 0.3 is 5.97 Å². The van der Waals surface area contributed by atoms with Gasteiger partial charge in [0.1, 0.15) is 12.1 Å². The zero-order valence-electron chi connectivity index (χ0n) is 6.87. The van der Waals surface area contributed by atoms with Crippen LogP contribution in [0.3, 0.4) is 0 Å². The lowest BCUT2D eigenvalue weighted by Crippen LogP contribution is -2.03. The molecule has 1 aromatic carbocycles. The van der Waals surface area contributed by atoms with E-state index in [4.69, 9.17) is 5.11 Å². The summed E-state index contributed by atoms with van der Waals surface area (Å²) in [5.74, 6) is -1.91. The van der Waals surface area contributed by atoms with E-state index >= 15 is 0 Å². The van der Waals surface area contributed by atoms with Crippen LogP contribution in [0.2, 0.25) is 0 Å². The van der Waals surface area contributed by atoms with E-state index in [1.165, 1.54) is 6.92 Å². The Balaban J connectivity index is 3.41. The Labute approximate surface area is 73.8 Å². The molecule has 0 spiro atoms. The van der Waals surface area contributed by atoms with E-state index in [2.05, 4.69) is 0 Å². The zero-order valence-corrected chi connectivity index (χ0v) is 6.87. The first-order valence-corrected chi connectivity index (χ1v) is 3.55. The minimum atomic E-state index is -1.24. The van der Waals surface area contributed by atoms with E-state index in [-0.39, 0.29) is 16.7 Å². The topological polar surface area (TPSA) is 54.4 Å². The maximum atomic E-state index is 13.0. The number of hydrogen-bond acceptors (Lipinski definition) is 2. The third-order valence-electron chi connectivity index (χ3n) is 1.73. The molecule has 0 atom stereocenters. The molecule has 0 aromatic heterocycles. The summed E-state index contributed by atoms with van der Waals surface area (Å²) in [4.78, 5) is 20.8. The number of carboxylic acids is 1. The Bertz CT molecular complexity index is 371. The maximum Gasteiger partial charge on any atom is 0.336 e. The van der Waals surface area contributed by atoms with Crippen molar-refractivity contribution in [3.05, 3.63) is 34.6 Å². The molecule has 1 aromatic rings. The van der Waals surface area contributed by atoms with Gasteiger partial charge < -0.3 is 5.11 Å². The van der Waals surface area contributed by atoms with Gasteiger partial charge in [0.05, 0.1) is 5.56 Å². The third-order valence-corrected chi connectivity index (χ3v) is 1.73. The first-order valence-electron chi connectivity index (χ1n) is 3.55. The summed E-state index contributed by atoms with van der Waals surface area (Å²) < 4.78 is 13.0. The maximum absolute atomic E-state index is 13.0. The highest BCUT2D eigenvalue weighted by molar-refractivity contribution is 5.91. The average molecular weight is 182 g/mol. The molecule has 1 rings (SSSR count). The van der Waals surface area contributed by atoms with Crippen molar-refractivity contribution in [2.24, 2.45) is 0 Å². The van der Waals surface area contributed by atoms with Gasteiger partial charge in [-0.3, -0.25) is 4.79 Å². The average Bonchev–Trinajstić information content (AvgIpc) is 2.09. The van der Waals surface area contributed by atoms with Crippen LogP contribution < -0.4 is 0 Å². The predicted molar refractivity (Wildman–Crippen MR) is 43.5 cm³/mol. The van der Waals surface area contributed by atoms with Gasteiger partial charge in [-0.15, -0.1) is 0 Å². The van der Waals surface area contributed by atoms with Crippen molar-refractivity contribution >= 4 is 12.3 Å². The SMILES string of the molecule is Cc1c(F)cc(C=O)cc1C(=O)O. The molecule has 0 aliphatic heterocycles. The highest BCUT2D eigenvalue weighted by Gasteiger charge is 2.12. The fourth-order valence-electron chi connectivity index (χ4n) is 0.990. The molecule has 1 N–H and O–H groups in total. The molecule has 13 heavy (non-hydrogen) atoms. The van der Waals surface area contributed by atoms with Gasteiger partial charge in [0, 0.05) is 5.56 Å². The molecule has 0 fully saturated rings. The molecule has 68 valence electrons. The Morgan fingerprint density at radius 3 is 2.62 bits per heavy atom. The van der Waals surface area contributed by atoms with Gasteiger partial charge in [0.2, 0.25) is 0 Å². The number of halogens is 1. The smallest absolute Gasteiger partial charge is 0.336 e. The number of rotatable bonds is 2. The van der Waals surface area contributed by atoms with Gasteiger partial charge in [-0.25, -0.2) is 9.18 Å². The Morgan fingerprint density at radius 1 is 1.54 bits per heavy atom. The molecule has 0 heterocycles. The van der Waals surface area contributed by atoms with Crippen molar-refractivity contribution in [3.8, 4) is 0 Å². The summed E-state index contributed by atoms with van der Waals surface area (Å²) in [7, 11) is 0. The summed E-state index contributed by atoms with van der Waals surface area (Å²) in [6.07, 6.45) is 0.412. The molecule has 4 heteroatoms. The molecule has 0 bridgehead atoms. The molecule has 0 aliphatic carbocycles. The van der Waals surface area contributed by atoms with Crippen LogP contribution in [-0.2, 0) is 0 Å². The lowest BCUT2D eigenvalue weighted by Gasteiger charge is -2.02. The van der Waals surface area contributed by atoms with Gasteiger partial charge in [0.15, 0.2) is 0 Å². The molecule has 3 nitrogen and oxygen atoms in total. The fraction of sp³-hybridized carbons (Fsp3) is 0.111. The largest absolute Gasteiger partial charge is 0.478 e. The van der Waals surface area contributed by atoms with Crippen molar-refractivity contribution in [1.82, 2.24) is 0 Å². The zero-order chi connectivity index (χ0) is 10.0. The molecule has 0 unspecified atom stereocenters. The first kappa shape index (κ1) is 9.38. The number of carbonyl (C=O) groups is 2. The van der Waals surface area contributed by atoms with Crippen LogP contribution >= 0.6 is 0 Å². The molecule has 0 amide bonds. The van der Waals surface area contributed by atoms with E-state index in [1.54, 1.807) is 0 Å². The van der Waals surface area contributed by atoms with Crippen LogP contribution in [0, 0.1) is 12.7 Å². The Hall–Kier alpha value is -1.71. The number of aldehydes is 1. The van der Waals surface area contributed by atoms with Crippen molar-refractivity contribution < 1.29 is 19.1 Å². The third kappa shape index (κ3) is 1.72. The number of carbonyl (C=O) groups excluding carboxylic acids is 1. The van der Waals surface area contributed by atoms with Gasteiger partial charge in [-0.1, -0.05) is 0 Å². The summed E-state index contributed by atoms with van der Waals surface area (Å²) in [6.45, 7) is 1.35. The van der Waals surface area contributed by atoms with E-state index in [0.717, 1.165) is 12.1 Å². The van der Waals surface area contributed by atoms with Crippen molar-refractivity contribution in [1.29, 1.82) is 0 Å². The van der Waals surface area contributed by atoms with Crippen LogP contribution in [0.15, 0.2) is 12.1 Å². The number of carboxylic acid groups (broad SMARTS) is 1. The predicted octanol–water partition coefficient (Wildman–Crippen LogP) is 1.64. The van der Waals surface area contributed by atoms with Gasteiger partial charge in [-0.2, -0.15) is 0 Å². The molecule has 0 radical (unpaired) electrons. The van der Waals surface area contributed by atoms with E-state index in [9.17, 15) is 14.0 Å². The molecular weight excluding hydrogens is 175 g/mol. The van der Waals surface area contributed by atoms with Crippen LogP contribution in [0.4, 0.5) is 4.39 Å². The highest BCUT2D eigenvalue weighted by atomic mass is 19.1. The lowest BCUT2D eigenvalue weighted by atomic mass is 10.1. The summed E-state index contributed by atoms with van der Waals surface area (Å²) >= 11 is 0. The number of aromatic carboxylic acids is 1. The molecule has 0 saturated heterocycles. The standard InChI is InChI=1S/C9H7FO3/c1-5-7(9(12)13)2-6(4-11)3-8(5)10/h2-4H,1H3,(H,12,13). The monoisotopic (exact) mass is 182 g/mol. The first-order chi connectivity index (χ1) is 6.06. The number of hydrogen-bond donors (Lipinski definition) is 1. The van der Waals surface area contributed by atoms with Crippen LogP contribution in [0.5, 0.6) is 0 Å². The van der Waals surface area contributed by atoms with Gasteiger partial charge in [-0.05, 0) is 24.6 Å². The van der Waals surface area contributed by atoms with Crippen LogP contribution in [0.25, 0.3) is 0 Å². The van der Waals surface area contributed by atoms with Crippen molar-refractivity contribution in [3.63, 3.8) is 0 Å². The molecule has 0 aliphatic rings. The van der Waals surface area contributed by atoms with Crippen molar-refractivity contribution in [2.45, 2.75) is 6.92 Å². The Morgan fingerprint density at radius 2 is 2.15 bits per heavy atom. The van der Waals surface area contributed by atoms with E-state index < -0.39 is 11.8 Å². The molecule has 0 saturated carbocycles. The van der Waals surface area contributed by atoms with Crippen molar-refractivity contribution in [2.75, 3.05) is 0 Å². The quantitative estimate of drug-likeness (QED) is 0.707. The minimum Gasteiger partial charge on any atom is -0.478 e. The van der Waals surface area contributed by atoms with Crippen LogP contribution in [0.1, 0.15) is 26.3 Å². The van der Waals surface area contributed by atoms with E-state index in [1.807, 2.05) is 0 Å². The Kier molecular flexibility index (Phi) is 2.41. The normalized spacial score (nSPS) is 9.69. The molecular formula is C9H7FO3. The minimum absolute atomic E-state index is 0.0282. The highest BCUT2D eigenvalue weighted by Crippen LogP contribution is 2.14. The van der Waals surface area contributed by atoms with E-state index in [0.29, 0.717) is 6.29 Å². The lowest BCUT2D eigenvalue weighted by molar-refractivity contribution is 0.0695. The summed E-state index contributed by atoms with van der Waals surface area (Å²) in [5, 5.41) is 8.63.